The molecule has 23 heavy (non-hydrogen) atoms. The zero-order valence-corrected chi connectivity index (χ0v) is 13.9. The molecule has 0 fully saturated rings. The lowest BCUT2D eigenvalue weighted by molar-refractivity contribution is -0.107. The Labute approximate surface area is 139 Å². The van der Waals surface area contributed by atoms with Crippen LogP contribution in [-0.2, 0) is 4.79 Å². The number of carbonyl (C=O) groups excluding carboxylic acids is 1. The van der Waals surface area contributed by atoms with Crippen LogP contribution in [0.1, 0.15) is 25.8 Å². The van der Waals surface area contributed by atoms with E-state index in [1.165, 1.54) is 0 Å². The molecule has 0 saturated carbocycles. The van der Waals surface area contributed by atoms with Gasteiger partial charge in [0.15, 0.2) is 0 Å². The molecule has 0 radical (unpaired) electrons. The number of nitrogens with two attached hydrogens (primary N) is 1. The lowest BCUT2D eigenvalue weighted by Gasteiger charge is -2.21. The summed E-state index contributed by atoms with van der Waals surface area (Å²) in [7, 11) is 0. The molecule has 1 heterocycles. The second kappa shape index (κ2) is 10.2. The number of allylic oxidation sites excluding steroid dienone is 3. The summed E-state index contributed by atoms with van der Waals surface area (Å²) in [5, 5.41) is 0. The number of amides is 1. The van der Waals surface area contributed by atoms with E-state index < -0.39 is 0 Å². The number of fused-ring (bicyclic) bond motifs is 1. The molecule has 0 bridgehead atoms. The highest BCUT2D eigenvalue weighted by Gasteiger charge is 2.13. The molecule has 120 valence electrons. The zero-order valence-electron chi connectivity index (χ0n) is 13.9. The average molecular weight is 308 g/mol. The molecule has 1 aliphatic rings. The molecule has 3 nitrogen and oxygen atoms in total. The first-order valence-electron chi connectivity index (χ1n) is 7.73. The van der Waals surface area contributed by atoms with Crippen LogP contribution in [0, 0.1) is 11.8 Å². The van der Waals surface area contributed by atoms with Crippen LogP contribution < -0.4 is 10.6 Å². The molecule has 1 aromatic carbocycles. The van der Waals surface area contributed by atoms with Gasteiger partial charge in [0.25, 0.3) is 0 Å². The Morgan fingerprint density at radius 1 is 1.35 bits per heavy atom. The van der Waals surface area contributed by atoms with Crippen molar-refractivity contribution in [3.05, 3.63) is 65.8 Å². The molecular weight excluding hydrogens is 284 g/mol. The van der Waals surface area contributed by atoms with E-state index in [-0.39, 0.29) is 0 Å². The first kappa shape index (κ1) is 18.5. The summed E-state index contributed by atoms with van der Waals surface area (Å²) in [5.41, 5.74) is 8.58. The quantitative estimate of drug-likeness (QED) is 0.684. The van der Waals surface area contributed by atoms with E-state index >= 15 is 0 Å². The average Bonchev–Trinajstić information content (AvgIpc) is 2.59. The number of benzene rings is 1. The van der Waals surface area contributed by atoms with E-state index in [9.17, 15) is 4.79 Å². The number of hydrogen-bond acceptors (Lipinski definition) is 2. The maximum Gasteiger partial charge on any atom is 0.214 e. The highest BCUT2D eigenvalue weighted by molar-refractivity contribution is 5.81. The Kier molecular flexibility index (Phi) is 8.20. The largest absolute Gasteiger partial charge is 0.330 e. The molecule has 2 N–H and O–H groups in total. The van der Waals surface area contributed by atoms with Crippen molar-refractivity contribution in [2.24, 2.45) is 5.73 Å². The third-order valence-electron chi connectivity index (χ3n) is 3.22. The van der Waals surface area contributed by atoms with Gasteiger partial charge in [-0.25, -0.2) is 0 Å². The molecule has 1 aliphatic heterocycles. The minimum Gasteiger partial charge on any atom is -0.330 e. The summed E-state index contributed by atoms with van der Waals surface area (Å²) in [4.78, 5) is 13.0. The Morgan fingerprint density at radius 2 is 2.04 bits per heavy atom. The summed E-state index contributed by atoms with van der Waals surface area (Å²) in [6.45, 7) is 9.11. The van der Waals surface area contributed by atoms with Gasteiger partial charge in [0.2, 0.25) is 6.41 Å². The van der Waals surface area contributed by atoms with Crippen molar-refractivity contribution >= 4 is 12.1 Å². The molecule has 1 amide bonds. The predicted octanol–water partition coefficient (Wildman–Crippen LogP) is 3.43. The normalized spacial score (nSPS) is 16.2. The smallest absolute Gasteiger partial charge is 0.214 e. The number of carbonyl (C=O) groups is 1. The summed E-state index contributed by atoms with van der Waals surface area (Å²) in [6.07, 6.45) is 7.59. The summed E-state index contributed by atoms with van der Waals surface area (Å²) < 4.78 is 0. The minimum atomic E-state index is 0.501. The van der Waals surface area contributed by atoms with Crippen molar-refractivity contribution in [2.75, 3.05) is 18.0 Å². The van der Waals surface area contributed by atoms with Gasteiger partial charge in [0, 0.05) is 11.1 Å². The van der Waals surface area contributed by atoms with Crippen LogP contribution >= 0.6 is 0 Å². The predicted molar refractivity (Wildman–Crippen MR) is 98.1 cm³/mol. The van der Waals surface area contributed by atoms with Gasteiger partial charge in [-0.15, -0.1) is 0 Å². The van der Waals surface area contributed by atoms with E-state index in [1.54, 1.807) is 11.0 Å². The van der Waals surface area contributed by atoms with Crippen molar-refractivity contribution in [2.45, 2.75) is 20.3 Å². The van der Waals surface area contributed by atoms with E-state index in [2.05, 4.69) is 25.3 Å². The van der Waals surface area contributed by atoms with Crippen LogP contribution in [0.2, 0.25) is 0 Å². The van der Waals surface area contributed by atoms with Crippen LogP contribution in [0.4, 0.5) is 5.69 Å². The Morgan fingerprint density at radius 3 is 2.61 bits per heavy atom. The van der Waals surface area contributed by atoms with Crippen LogP contribution in [-0.4, -0.2) is 19.5 Å². The van der Waals surface area contributed by atoms with Crippen molar-refractivity contribution in [1.82, 2.24) is 0 Å². The number of rotatable bonds is 4. The standard InChI is InChI=1S/C17H15NO.C3H9N/c1-3-7-16-12-18(13-19)17-9-6-5-8-15(17)11-10-14(16)4-2;1-2-3-4/h3-9,13H,2,12H2,1H3;2-4H2,1H3/b7-3-,16-14-;. The lowest BCUT2D eigenvalue weighted by atomic mass is 10.0. The maximum absolute atomic E-state index is 11.3. The summed E-state index contributed by atoms with van der Waals surface area (Å²) in [6, 6.07) is 7.65. The molecule has 0 aliphatic carbocycles. The number of anilines is 1. The second-order valence-electron chi connectivity index (χ2n) is 4.93. The highest BCUT2D eigenvalue weighted by atomic mass is 16.1. The van der Waals surface area contributed by atoms with E-state index in [1.807, 2.05) is 43.3 Å². The van der Waals surface area contributed by atoms with Crippen molar-refractivity contribution in [1.29, 1.82) is 0 Å². The third-order valence-corrected chi connectivity index (χ3v) is 3.22. The molecule has 0 spiro atoms. The fraction of sp³-hybridized carbons (Fsp3) is 0.250. The van der Waals surface area contributed by atoms with Gasteiger partial charge in [-0.1, -0.05) is 55.7 Å². The van der Waals surface area contributed by atoms with Crippen molar-refractivity contribution < 1.29 is 4.79 Å². The Hall–Kier alpha value is -2.57. The molecule has 2 rings (SSSR count). The fourth-order valence-corrected chi connectivity index (χ4v) is 2.02. The van der Waals surface area contributed by atoms with Gasteiger partial charge in [-0.2, -0.15) is 0 Å². The van der Waals surface area contributed by atoms with Gasteiger partial charge in [-0.05, 0) is 37.6 Å². The Bertz CT molecular complexity index is 658. The molecular formula is C20H24N2O. The SMILES string of the molecule is C=C/C1=C(\C=C/C)CN(C=O)c2ccccc2C#C1.CCCN. The van der Waals surface area contributed by atoms with Gasteiger partial charge < -0.3 is 10.6 Å². The van der Waals surface area contributed by atoms with Gasteiger partial charge in [-0.3, -0.25) is 4.79 Å². The summed E-state index contributed by atoms with van der Waals surface area (Å²) in [5.74, 6) is 6.23. The summed E-state index contributed by atoms with van der Waals surface area (Å²) >= 11 is 0. The van der Waals surface area contributed by atoms with E-state index in [4.69, 9.17) is 5.73 Å². The topological polar surface area (TPSA) is 46.3 Å². The number of para-hydroxylation sites is 1. The van der Waals surface area contributed by atoms with Gasteiger partial charge >= 0.3 is 0 Å². The fourth-order valence-electron chi connectivity index (χ4n) is 2.02. The zero-order chi connectivity index (χ0) is 17.1. The van der Waals surface area contributed by atoms with E-state index in [0.717, 1.165) is 41.8 Å². The monoisotopic (exact) mass is 308 g/mol. The second-order valence-corrected chi connectivity index (χ2v) is 4.93. The van der Waals surface area contributed by atoms with E-state index in [0.29, 0.717) is 6.54 Å². The first-order valence-corrected chi connectivity index (χ1v) is 7.73. The Balaban J connectivity index is 0.000000593. The molecule has 1 aromatic rings. The molecule has 0 saturated heterocycles. The van der Waals surface area contributed by atoms with Gasteiger partial charge in [0.1, 0.15) is 0 Å². The van der Waals surface area contributed by atoms with Crippen LogP contribution in [0.15, 0.2) is 60.2 Å². The van der Waals surface area contributed by atoms with Crippen LogP contribution in [0.3, 0.4) is 0 Å². The molecule has 3 heteroatoms. The minimum absolute atomic E-state index is 0.501. The van der Waals surface area contributed by atoms with Crippen LogP contribution in [0.25, 0.3) is 0 Å². The van der Waals surface area contributed by atoms with Gasteiger partial charge in [0.05, 0.1) is 12.2 Å². The van der Waals surface area contributed by atoms with Crippen molar-refractivity contribution in [3.63, 3.8) is 0 Å². The molecule has 0 aromatic heterocycles. The maximum atomic E-state index is 11.3. The first-order chi connectivity index (χ1) is 11.2. The molecule has 0 unspecified atom stereocenters. The number of hydrogen-bond donors (Lipinski definition) is 1. The third kappa shape index (κ3) is 5.28. The highest BCUT2D eigenvalue weighted by Crippen LogP contribution is 2.23. The number of nitrogens with zero attached hydrogens (tertiary/aromatic N) is 1. The molecule has 0 atom stereocenters. The van der Waals surface area contributed by atoms with Crippen molar-refractivity contribution in [3.8, 4) is 11.8 Å². The van der Waals surface area contributed by atoms with Crippen LogP contribution in [0.5, 0.6) is 0 Å². The lowest BCUT2D eigenvalue weighted by Crippen LogP contribution is -2.25.